The molecule has 0 aromatic heterocycles. The van der Waals surface area contributed by atoms with E-state index in [4.69, 9.17) is 0 Å². The van der Waals surface area contributed by atoms with E-state index in [1.807, 2.05) is 30.3 Å². The molecule has 1 atom stereocenters. The molecule has 4 N–H and O–H groups in total. The number of amides is 2. The molecule has 0 bridgehead atoms. The molecule has 0 spiro atoms. The number of nitrogens with one attached hydrogen (secondary N) is 3. The van der Waals surface area contributed by atoms with Gasteiger partial charge in [0.1, 0.15) is 0 Å². The van der Waals surface area contributed by atoms with Gasteiger partial charge >= 0.3 is 5.97 Å². The van der Waals surface area contributed by atoms with E-state index in [-0.39, 0.29) is 18.2 Å². The largest absolute Gasteiger partial charge is 0.481 e. The summed E-state index contributed by atoms with van der Waals surface area (Å²) in [4.78, 5) is 43.5. The van der Waals surface area contributed by atoms with Crippen LogP contribution in [0.25, 0.3) is 0 Å². The number of carbonyl (C=O) groups excluding carboxylic acids is 2. The van der Waals surface area contributed by atoms with Gasteiger partial charge in [-0.1, -0.05) is 36.4 Å². The molecule has 2 heterocycles. The van der Waals surface area contributed by atoms with Gasteiger partial charge in [0.15, 0.2) is 5.96 Å². The Hall–Kier alpha value is -4.66. The number of carbonyl (C=O) groups is 3. The quantitative estimate of drug-likeness (QED) is 0.408. The van der Waals surface area contributed by atoms with Crippen LogP contribution >= 0.6 is 0 Å². The molecule has 2 aliphatic heterocycles. The first-order chi connectivity index (χ1) is 17.5. The van der Waals surface area contributed by atoms with Crippen molar-refractivity contribution >= 4 is 35.1 Å². The molecule has 182 valence electrons. The Kier molecular flexibility index (Phi) is 6.36. The molecule has 0 radical (unpaired) electrons. The summed E-state index contributed by atoms with van der Waals surface area (Å²) in [6.45, 7) is 1.84. The van der Waals surface area contributed by atoms with Crippen molar-refractivity contribution in [2.75, 3.05) is 23.7 Å². The van der Waals surface area contributed by atoms with E-state index in [9.17, 15) is 19.5 Å². The van der Waals surface area contributed by atoms with Crippen molar-refractivity contribution in [1.29, 1.82) is 0 Å². The zero-order valence-electron chi connectivity index (χ0n) is 19.4. The van der Waals surface area contributed by atoms with Crippen molar-refractivity contribution in [3.63, 3.8) is 0 Å². The van der Waals surface area contributed by atoms with E-state index in [1.165, 1.54) is 0 Å². The Bertz CT molecular complexity index is 1340. The standard InChI is InChI=1S/C27H25N5O4/c33-24(34)15-23(17-4-2-1-3-5-17)32-16-19-8-11-21(14-22(19)26(32)36)30-25(35)18-6-9-20(10-7-18)31-27-28-12-13-29-27/h1-11,14,23H,12-13,15-16H2,(H,30,35)(H,33,34)(H2,28,29,31). The highest BCUT2D eigenvalue weighted by Crippen LogP contribution is 2.34. The van der Waals surface area contributed by atoms with Gasteiger partial charge in [0, 0.05) is 35.6 Å². The molecule has 36 heavy (non-hydrogen) atoms. The molecule has 0 fully saturated rings. The molecule has 1 unspecified atom stereocenters. The van der Waals surface area contributed by atoms with E-state index in [1.54, 1.807) is 47.4 Å². The second-order valence-corrected chi connectivity index (χ2v) is 8.64. The van der Waals surface area contributed by atoms with Gasteiger partial charge in [0.05, 0.1) is 19.0 Å². The number of benzene rings is 3. The average molecular weight is 484 g/mol. The lowest BCUT2D eigenvalue weighted by atomic mass is 10.0. The summed E-state index contributed by atoms with van der Waals surface area (Å²) in [6, 6.07) is 20.8. The maximum atomic E-state index is 13.3. The van der Waals surface area contributed by atoms with Crippen LogP contribution in [0.1, 0.15) is 44.3 Å². The van der Waals surface area contributed by atoms with Crippen LogP contribution in [0.3, 0.4) is 0 Å². The molecule has 3 aromatic rings. The average Bonchev–Trinajstić information content (AvgIpc) is 3.51. The van der Waals surface area contributed by atoms with Gasteiger partial charge in [-0.3, -0.25) is 19.4 Å². The lowest BCUT2D eigenvalue weighted by Gasteiger charge is -2.27. The van der Waals surface area contributed by atoms with Crippen molar-refractivity contribution in [3.05, 3.63) is 95.1 Å². The molecule has 2 aliphatic rings. The van der Waals surface area contributed by atoms with Gasteiger partial charge < -0.3 is 26.0 Å². The maximum Gasteiger partial charge on any atom is 0.305 e. The second kappa shape index (κ2) is 9.91. The van der Waals surface area contributed by atoms with Gasteiger partial charge in [-0.2, -0.15) is 0 Å². The number of aliphatic carboxylic acids is 1. The predicted molar refractivity (Wildman–Crippen MR) is 136 cm³/mol. The summed E-state index contributed by atoms with van der Waals surface area (Å²) in [5, 5.41) is 18.6. The second-order valence-electron chi connectivity index (χ2n) is 8.64. The van der Waals surface area contributed by atoms with Crippen LogP contribution in [-0.2, 0) is 11.3 Å². The SMILES string of the molecule is O=C(O)CC(c1ccccc1)N1Cc2ccc(NC(=O)c3ccc(NC4=NCCN4)cc3)cc2C1=O. The van der Waals surface area contributed by atoms with Gasteiger partial charge in [-0.25, -0.2) is 0 Å². The Morgan fingerprint density at radius 2 is 1.78 bits per heavy atom. The number of hydrogen-bond acceptors (Lipinski definition) is 6. The smallest absolute Gasteiger partial charge is 0.305 e. The maximum absolute atomic E-state index is 13.3. The molecule has 2 amide bonds. The monoisotopic (exact) mass is 483 g/mol. The van der Waals surface area contributed by atoms with Crippen LogP contribution in [0.2, 0.25) is 0 Å². The van der Waals surface area contributed by atoms with E-state index in [2.05, 4.69) is 20.9 Å². The molecule has 0 saturated heterocycles. The summed E-state index contributed by atoms with van der Waals surface area (Å²) in [5.41, 5.74) is 3.81. The van der Waals surface area contributed by atoms with E-state index in [0.29, 0.717) is 29.3 Å². The van der Waals surface area contributed by atoms with Crippen LogP contribution in [-0.4, -0.2) is 46.8 Å². The number of anilines is 2. The molecule has 0 aliphatic carbocycles. The lowest BCUT2D eigenvalue weighted by molar-refractivity contribution is -0.138. The Morgan fingerprint density at radius 1 is 1.03 bits per heavy atom. The molecule has 0 saturated carbocycles. The highest BCUT2D eigenvalue weighted by atomic mass is 16.4. The summed E-state index contributed by atoms with van der Waals surface area (Å²) in [6.07, 6.45) is -0.193. The van der Waals surface area contributed by atoms with Gasteiger partial charge in [0.2, 0.25) is 0 Å². The lowest BCUT2D eigenvalue weighted by Crippen LogP contribution is -2.30. The molecule has 9 nitrogen and oxygen atoms in total. The van der Waals surface area contributed by atoms with Crippen molar-refractivity contribution in [2.24, 2.45) is 4.99 Å². The van der Waals surface area contributed by atoms with Gasteiger partial charge in [-0.05, 0) is 47.5 Å². The number of rotatable bonds is 7. The minimum Gasteiger partial charge on any atom is -0.481 e. The predicted octanol–water partition coefficient (Wildman–Crippen LogP) is 3.48. The van der Waals surface area contributed by atoms with Crippen LogP contribution in [0.4, 0.5) is 11.4 Å². The first-order valence-corrected chi connectivity index (χ1v) is 11.7. The third-order valence-corrected chi connectivity index (χ3v) is 6.21. The van der Waals surface area contributed by atoms with Gasteiger partial charge in [0.25, 0.3) is 11.8 Å². The van der Waals surface area contributed by atoms with Crippen molar-refractivity contribution in [3.8, 4) is 0 Å². The van der Waals surface area contributed by atoms with Crippen LogP contribution < -0.4 is 16.0 Å². The fourth-order valence-electron chi connectivity index (χ4n) is 4.43. The van der Waals surface area contributed by atoms with Crippen molar-refractivity contribution in [1.82, 2.24) is 10.2 Å². The highest BCUT2D eigenvalue weighted by Gasteiger charge is 2.34. The number of hydrogen-bond donors (Lipinski definition) is 4. The Morgan fingerprint density at radius 3 is 2.47 bits per heavy atom. The fourth-order valence-corrected chi connectivity index (χ4v) is 4.43. The minimum atomic E-state index is -0.978. The highest BCUT2D eigenvalue weighted by molar-refractivity contribution is 6.06. The first-order valence-electron chi connectivity index (χ1n) is 11.7. The molecular weight excluding hydrogens is 458 g/mol. The minimum absolute atomic E-state index is 0.193. The number of nitrogens with zero attached hydrogens (tertiary/aromatic N) is 2. The van der Waals surface area contributed by atoms with Crippen molar-refractivity contribution < 1.29 is 19.5 Å². The van der Waals surface area contributed by atoms with Crippen molar-refractivity contribution in [2.45, 2.75) is 19.0 Å². The number of carboxylic acid groups (broad SMARTS) is 1. The molecule has 5 rings (SSSR count). The van der Waals surface area contributed by atoms with Crippen LogP contribution in [0.15, 0.2) is 77.8 Å². The van der Waals surface area contributed by atoms with E-state index < -0.39 is 12.0 Å². The Balaban J connectivity index is 1.29. The van der Waals surface area contributed by atoms with Crippen LogP contribution in [0.5, 0.6) is 0 Å². The normalized spacial score (nSPS) is 15.1. The topological polar surface area (TPSA) is 123 Å². The third kappa shape index (κ3) is 4.90. The number of carboxylic acids is 1. The number of guanidine groups is 1. The Labute approximate surface area is 207 Å². The summed E-state index contributed by atoms with van der Waals surface area (Å²) >= 11 is 0. The summed E-state index contributed by atoms with van der Waals surface area (Å²) in [5.74, 6) is -0.820. The van der Waals surface area contributed by atoms with E-state index in [0.717, 1.165) is 29.9 Å². The molecular formula is C27H25N5O4. The third-order valence-electron chi connectivity index (χ3n) is 6.21. The molecule has 9 heteroatoms. The molecule has 3 aromatic carbocycles. The van der Waals surface area contributed by atoms with Crippen LogP contribution in [0, 0.1) is 0 Å². The number of aliphatic imine (C=N–C) groups is 1. The van der Waals surface area contributed by atoms with Gasteiger partial charge in [-0.15, -0.1) is 0 Å². The zero-order chi connectivity index (χ0) is 25.1. The zero-order valence-corrected chi connectivity index (χ0v) is 19.4. The number of fused-ring (bicyclic) bond motifs is 1. The first kappa shape index (κ1) is 23.1. The summed E-state index contributed by atoms with van der Waals surface area (Å²) < 4.78 is 0. The fraction of sp³-hybridized carbons (Fsp3) is 0.185. The van der Waals surface area contributed by atoms with E-state index >= 15 is 0 Å². The summed E-state index contributed by atoms with van der Waals surface area (Å²) in [7, 11) is 0.